The number of hydrogen-bond donors (Lipinski definition) is 2. The minimum Gasteiger partial charge on any atom is -0.480 e. The molecule has 1 aliphatic rings. The van der Waals surface area contributed by atoms with Crippen molar-refractivity contribution < 1.29 is 51.2 Å². The van der Waals surface area contributed by atoms with Crippen molar-refractivity contribution in [2.75, 3.05) is 26.3 Å². The van der Waals surface area contributed by atoms with Crippen LogP contribution < -0.4 is 10.1 Å². The number of amides is 1. The molecule has 1 fully saturated rings. The minimum absolute atomic E-state index is 0.0254. The van der Waals surface area contributed by atoms with Gasteiger partial charge in [-0.1, -0.05) is 42.5 Å². The van der Waals surface area contributed by atoms with E-state index in [1.165, 1.54) is 53.7 Å². The highest BCUT2D eigenvalue weighted by molar-refractivity contribution is 7.89. The third-order valence-electron chi connectivity index (χ3n) is 7.34. The van der Waals surface area contributed by atoms with Crippen LogP contribution in [-0.4, -0.2) is 74.5 Å². The highest BCUT2D eigenvalue weighted by Gasteiger charge is 2.52. The number of ether oxygens (including phenoxy) is 4. The SMILES string of the molecule is CC(OC(=O)NC(Cc1cccc(S(=O)(=O)N2CC(Oc3ccc(F)cc3)(c3ccccc3)C2)c1)C(=O)OCCO)OC(=O)C(C)(C)C. The Labute approximate surface area is 278 Å². The van der Waals surface area contributed by atoms with Gasteiger partial charge in [-0.2, -0.15) is 4.31 Å². The van der Waals surface area contributed by atoms with E-state index < -0.39 is 63.8 Å². The van der Waals surface area contributed by atoms with Crippen molar-refractivity contribution in [3.63, 3.8) is 0 Å². The Morgan fingerprint density at radius 3 is 2.27 bits per heavy atom. The molecule has 2 atom stereocenters. The molecule has 3 aromatic carbocycles. The topological polar surface area (TPSA) is 158 Å². The van der Waals surface area contributed by atoms with Crippen molar-refractivity contribution >= 4 is 28.1 Å². The van der Waals surface area contributed by atoms with Crippen molar-refractivity contribution in [1.82, 2.24) is 9.62 Å². The van der Waals surface area contributed by atoms with E-state index in [1.807, 2.05) is 30.3 Å². The van der Waals surface area contributed by atoms with Crippen LogP contribution in [0.3, 0.4) is 0 Å². The molecule has 4 rings (SSSR count). The molecule has 0 spiro atoms. The molecule has 1 saturated heterocycles. The third kappa shape index (κ3) is 9.08. The predicted octanol–water partition coefficient (Wildman–Crippen LogP) is 3.91. The lowest BCUT2D eigenvalue weighted by molar-refractivity contribution is -0.174. The summed E-state index contributed by atoms with van der Waals surface area (Å²) in [5.41, 5.74) is -0.746. The molecule has 0 aromatic heterocycles. The van der Waals surface area contributed by atoms with Crippen LogP contribution in [0.1, 0.15) is 38.8 Å². The summed E-state index contributed by atoms with van der Waals surface area (Å²) in [5, 5.41) is 11.5. The second kappa shape index (κ2) is 15.1. The lowest BCUT2D eigenvalue weighted by Crippen LogP contribution is -2.64. The maximum Gasteiger partial charge on any atom is 0.410 e. The first-order valence-electron chi connectivity index (χ1n) is 15.2. The van der Waals surface area contributed by atoms with Crippen molar-refractivity contribution in [2.24, 2.45) is 5.41 Å². The number of benzene rings is 3. The number of sulfonamides is 1. The largest absolute Gasteiger partial charge is 0.480 e. The molecule has 0 aliphatic carbocycles. The summed E-state index contributed by atoms with van der Waals surface area (Å²) >= 11 is 0. The van der Waals surface area contributed by atoms with Crippen molar-refractivity contribution in [1.29, 1.82) is 0 Å². The molecule has 0 bridgehead atoms. The van der Waals surface area contributed by atoms with E-state index in [9.17, 15) is 27.2 Å². The molecule has 14 heteroatoms. The van der Waals surface area contributed by atoms with Crippen molar-refractivity contribution in [3.05, 3.63) is 95.8 Å². The van der Waals surface area contributed by atoms with E-state index in [2.05, 4.69) is 5.32 Å². The summed E-state index contributed by atoms with van der Waals surface area (Å²) < 4.78 is 63.8. The highest BCUT2D eigenvalue weighted by atomic mass is 32.2. The Kier molecular flexibility index (Phi) is 11.4. The van der Waals surface area contributed by atoms with E-state index >= 15 is 0 Å². The summed E-state index contributed by atoms with van der Waals surface area (Å²) in [5.74, 6) is -1.56. The first-order valence-corrected chi connectivity index (χ1v) is 16.6. The number of nitrogens with zero attached hydrogens (tertiary/aromatic N) is 1. The maximum absolute atomic E-state index is 13.8. The number of hydrogen-bond acceptors (Lipinski definition) is 10. The van der Waals surface area contributed by atoms with E-state index in [4.69, 9.17) is 24.1 Å². The fourth-order valence-electron chi connectivity index (χ4n) is 4.81. The van der Waals surface area contributed by atoms with Gasteiger partial charge in [-0.05, 0) is 68.3 Å². The van der Waals surface area contributed by atoms with Gasteiger partial charge in [-0.15, -0.1) is 0 Å². The molecule has 258 valence electrons. The smallest absolute Gasteiger partial charge is 0.410 e. The van der Waals surface area contributed by atoms with Crippen LogP contribution in [0.4, 0.5) is 9.18 Å². The minimum atomic E-state index is -4.05. The number of nitrogens with one attached hydrogen (secondary N) is 1. The average Bonchev–Trinajstić information content (AvgIpc) is 3.02. The van der Waals surface area contributed by atoms with E-state index in [-0.39, 0.29) is 31.0 Å². The quantitative estimate of drug-likeness (QED) is 0.200. The Morgan fingerprint density at radius 1 is 0.979 bits per heavy atom. The van der Waals surface area contributed by atoms with Gasteiger partial charge < -0.3 is 29.4 Å². The first-order chi connectivity index (χ1) is 22.6. The van der Waals surface area contributed by atoms with E-state index in [1.54, 1.807) is 26.8 Å². The van der Waals surface area contributed by atoms with Gasteiger partial charge in [-0.3, -0.25) is 4.79 Å². The fourth-order valence-corrected chi connectivity index (χ4v) is 6.41. The number of aliphatic hydroxyl groups excluding tert-OH is 1. The van der Waals surface area contributed by atoms with E-state index in [0.29, 0.717) is 11.3 Å². The van der Waals surface area contributed by atoms with Gasteiger partial charge in [0.25, 0.3) is 0 Å². The zero-order chi connectivity index (χ0) is 35.1. The first kappa shape index (κ1) is 36.3. The Morgan fingerprint density at radius 2 is 1.65 bits per heavy atom. The lowest BCUT2D eigenvalue weighted by Gasteiger charge is -2.48. The lowest BCUT2D eigenvalue weighted by atomic mass is 9.87. The molecule has 1 amide bonds. The summed E-state index contributed by atoms with van der Waals surface area (Å²) in [4.78, 5) is 37.5. The molecule has 1 aliphatic heterocycles. The summed E-state index contributed by atoms with van der Waals surface area (Å²) in [6, 6.07) is 19.1. The molecule has 3 aromatic rings. The average molecular weight is 687 g/mol. The normalized spacial score (nSPS) is 15.7. The zero-order valence-corrected chi connectivity index (χ0v) is 27.9. The van der Waals surface area contributed by atoms with Crippen LogP contribution in [0.2, 0.25) is 0 Å². The summed E-state index contributed by atoms with van der Waals surface area (Å²) in [6.45, 7) is 5.39. The number of esters is 2. The van der Waals surface area contributed by atoms with Crippen LogP contribution in [0.15, 0.2) is 83.8 Å². The molecular weight excluding hydrogens is 647 g/mol. The number of alkyl carbamates (subject to hydrolysis) is 1. The maximum atomic E-state index is 13.8. The zero-order valence-electron chi connectivity index (χ0n) is 27.1. The Hall–Kier alpha value is -4.53. The molecule has 2 unspecified atom stereocenters. The second-order valence-corrected chi connectivity index (χ2v) is 14.2. The standard InChI is InChI=1S/C34H39FN2O10S/c1-23(45-31(40)33(2,3)4)46-32(41)36-29(30(39)44-18-17-38)20-24-9-8-12-28(19-24)48(42,43)37-21-34(22-37,25-10-6-5-7-11-25)47-27-15-13-26(35)14-16-27/h5-16,19,23,29,38H,17-18,20-22H2,1-4H3,(H,36,41). The van der Waals surface area contributed by atoms with E-state index in [0.717, 1.165) is 5.56 Å². The van der Waals surface area contributed by atoms with Crippen molar-refractivity contribution in [2.45, 2.75) is 56.9 Å². The van der Waals surface area contributed by atoms with Gasteiger partial charge in [0, 0.05) is 13.3 Å². The molecule has 12 nitrogen and oxygen atoms in total. The van der Waals surface area contributed by atoms with Gasteiger partial charge in [-0.25, -0.2) is 22.4 Å². The molecule has 1 heterocycles. The third-order valence-corrected chi connectivity index (χ3v) is 9.12. The monoisotopic (exact) mass is 686 g/mol. The van der Waals surface area contributed by atoms with Gasteiger partial charge >= 0.3 is 18.0 Å². The van der Waals surface area contributed by atoms with Gasteiger partial charge in [0.05, 0.1) is 30.0 Å². The molecule has 0 saturated carbocycles. The second-order valence-electron chi connectivity index (χ2n) is 12.3. The fraction of sp³-hybridized carbons (Fsp3) is 0.382. The number of halogens is 1. The van der Waals surface area contributed by atoms with Gasteiger partial charge in [0.15, 0.2) is 5.60 Å². The molecule has 2 N–H and O–H groups in total. The molecular formula is C34H39FN2O10S. The Bertz CT molecular complexity index is 1690. The van der Waals surface area contributed by atoms with Crippen LogP contribution in [-0.2, 0) is 45.8 Å². The van der Waals surface area contributed by atoms with Gasteiger partial charge in [0.1, 0.15) is 24.2 Å². The Balaban J connectivity index is 1.49. The number of rotatable bonds is 13. The summed E-state index contributed by atoms with van der Waals surface area (Å²) in [6.07, 6.45) is -2.55. The predicted molar refractivity (Wildman–Crippen MR) is 171 cm³/mol. The van der Waals surface area contributed by atoms with Crippen LogP contribution in [0.5, 0.6) is 5.75 Å². The molecule has 48 heavy (non-hydrogen) atoms. The number of aliphatic hydroxyl groups is 1. The summed E-state index contributed by atoms with van der Waals surface area (Å²) in [7, 11) is -4.05. The van der Waals surface area contributed by atoms with Crippen molar-refractivity contribution in [3.8, 4) is 5.75 Å². The van der Waals surface area contributed by atoms with Crippen LogP contribution in [0, 0.1) is 11.2 Å². The van der Waals surface area contributed by atoms with Crippen LogP contribution in [0.25, 0.3) is 0 Å². The number of carbonyl (C=O) groups is 3. The highest BCUT2D eigenvalue weighted by Crippen LogP contribution is 2.40. The molecule has 0 radical (unpaired) electrons. The van der Waals surface area contributed by atoms with Gasteiger partial charge in [0.2, 0.25) is 16.3 Å². The van der Waals surface area contributed by atoms with Crippen LogP contribution >= 0.6 is 0 Å². The number of carbonyl (C=O) groups excluding carboxylic acids is 3.